The second kappa shape index (κ2) is 8.59. The van der Waals surface area contributed by atoms with Crippen molar-refractivity contribution in [3.8, 4) is 11.5 Å². The normalized spacial score (nSPS) is 11.8. The summed E-state index contributed by atoms with van der Waals surface area (Å²) >= 11 is 13.5. The minimum atomic E-state index is -4.91. The molecule has 1 amide bonds. The van der Waals surface area contributed by atoms with E-state index in [9.17, 15) is 18.0 Å². The number of aryl methyl sites for hydroxylation is 1. The number of alkyl halides is 3. The molecule has 0 aliphatic carbocycles. The molecule has 0 radical (unpaired) electrons. The number of amides is 1. The smallest absolute Gasteiger partial charge is 0.320 e. The van der Waals surface area contributed by atoms with E-state index in [1.165, 1.54) is 40.8 Å². The van der Waals surface area contributed by atoms with E-state index in [4.69, 9.17) is 23.2 Å². The van der Waals surface area contributed by atoms with E-state index in [-0.39, 0.29) is 33.1 Å². The molecule has 35 heavy (non-hydrogen) atoms. The fraction of sp³-hybridized carbons (Fsp3) is 0.100. The van der Waals surface area contributed by atoms with Crippen molar-refractivity contribution in [2.75, 3.05) is 5.32 Å². The highest BCUT2D eigenvalue weighted by molar-refractivity contribution is 7.17. The first-order chi connectivity index (χ1) is 16.6. The molecule has 0 unspecified atom stereocenters. The van der Waals surface area contributed by atoms with Crippen LogP contribution in [0.4, 0.5) is 18.9 Å². The average Bonchev–Trinajstić information content (AvgIpc) is 3.56. The second-order valence-corrected chi connectivity index (χ2v) is 8.79. The Labute approximate surface area is 208 Å². The topological polar surface area (TPSA) is 103 Å². The molecule has 0 saturated heterocycles. The van der Waals surface area contributed by atoms with E-state index in [2.05, 4.69) is 30.6 Å². The van der Waals surface area contributed by atoms with Crippen molar-refractivity contribution >= 4 is 56.2 Å². The summed E-state index contributed by atoms with van der Waals surface area (Å²) in [5, 5.41) is 16.5. The number of pyridine rings is 2. The van der Waals surface area contributed by atoms with Gasteiger partial charge in [-0.2, -0.15) is 28.5 Å². The molecule has 15 heteroatoms. The van der Waals surface area contributed by atoms with Crippen LogP contribution in [0.25, 0.3) is 21.6 Å². The minimum absolute atomic E-state index is 0.0361. The fourth-order valence-electron chi connectivity index (χ4n) is 3.41. The third-order valence-electron chi connectivity index (χ3n) is 4.94. The minimum Gasteiger partial charge on any atom is -0.320 e. The lowest BCUT2D eigenvalue weighted by molar-refractivity contribution is -0.143. The van der Waals surface area contributed by atoms with Crippen LogP contribution in [0.5, 0.6) is 0 Å². The van der Waals surface area contributed by atoms with Gasteiger partial charge in [-0.3, -0.25) is 4.79 Å². The van der Waals surface area contributed by atoms with Crippen molar-refractivity contribution in [1.29, 1.82) is 0 Å². The average molecular weight is 539 g/mol. The number of hydrogen-bond acceptors (Lipinski definition) is 7. The molecule has 1 N–H and O–H groups in total. The van der Waals surface area contributed by atoms with Crippen molar-refractivity contribution in [3.05, 3.63) is 69.4 Å². The zero-order valence-corrected chi connectivity index (χ0v) is 19.7. The number of fused-ring (bicyclic) bond motifs is 1. The number of carbonyl (C=O) groups excluding carboxylic acids is 1. The Kier molecular flexibility index (Phi) is 5.69. The molecule has 0 aliphatic rings. The van der Waals surface area contributed by atoms with Crippen LogP contribution in [-0.4, -0.2) is 40.6 Å². The molecule has 0 bridgehead atoms. The molecular weight excluding hydrogens is 528 g/mol. The number of anilines is 1. The van der Waals surface area contributed by atoms with Crippen LogP contribution in [0.3, 0.4) is 0 Å². The van der Waals surface area contributed by atoms with Gasteiger partial charge in [0.05, 0.1) is 57.1 Å². The summed E-state index contributed by atoms with van der Waals surface area (Å²) in [5.41, 5.74) is -1.51. The fourth-order valence-corrected chi connectivity index (χ4v) is 4.71. The lowest BCUT2D eigenvalue weighted by Crippen LogP contribution is -2.21. The Morgan fingerprint density at radius 1 is 1.14 bits per heavy atom. The number of thiophene rings is 1. The van der Waals surface area contributed by atoms with Crippen LogP contribution in [0.1, 0.15) is 21.7 Å². The molecular formula is C20H11Cl2F3N8OS. The summed E-state index contributed by atoms with van der Waals surface area (Å²) in [6, 6.07) is 2.97. The van der Waals surface area contributed by atoms with Crippen LogP contribution in [-0.2, 0) is 6.18 Å². The van der Waals surface area contributed by atoms with E-state index >= 15 is 0 Å². The SMILES string of the molecule is Cc1nc(-n2nccn2)c(Cl)cc1NC(=O)c1cnn(-c2cnc(Cl)c3sccc23)c1C(F)(F)F. The summed E-state index contributed by atoms with van der Waals surface area (Å²) in [6.45, 7) is 1.56. The van der Waals surface area contributed by atoms with Gasteiger partial charge in [-0.15, -0.1) is 16.1 Å². The first-order valence-corrected chi connectivity index (χ1v) is 11.3. The first kappa shape index (κ1) is 23.2. The van der Waals surface area contributed by atoms with E-state index in [1.54, 1.807) is 18.4 Å². The zero-order valence-electron chi connectivity index (χ0n) is 17.4. The first-order valence-electron chi connectivity index (χ1n) is 9.67. The number of rotatable bonds is 4. The lowest BCUT2D eigenvalue weighted by atomic mass is 10.2. The number of nitrogens with one attached hydrogen (secondary N) is 1. The molecule has 178 valence electrons. The van der Waals surface area contributed by atoms with Crippen molar-refractivity contribution in [1.82, 2.24) is 34.7 Å². The standard InChI is InChI=1S/C20H11Cl2F3N8OS/c1-9-13(6-12(21)18(30-9)33-27-3-4-28-33)31-19(34)11-7-29-32(16(11)20(23,24)25)14-8-26-17(22)15-10(14)2-5-35-15/h2-8H,1H3,(H,31,34). The lowest BCUT2D eigenvalue weighted by Gasteiger charge is -2.14. The van der Waals surface area contributed by atoms with Crippen molar-refractivity contribution in [2.24, 2.45) is 0 Å². The summed E-state index contributed by atoms with van der Waals surface area (Å²) in [6.07, 6.45) is -0.0287. The molecule has 0 saturated carbocycles. The number of hydrogen-bond donors (Lipinski definition) is 1. The van der Waals surface area contributed by atoms with E-state index in [1.807, 2.05) is 0 Å². The van der Waals surface area contributed by atoms with E-state index in [0.29, 0.717) is 14.8 Å². The molecule has 5 aromatic heterocycles. The van der Waals surface area contributed by atoms with Crippen LogP contribution in [0.15, 0.2) is 42.3 Å². The summed E-state index contributed by atoms with van der Waals surface area (Å²) in [4.78, 5) is 22.4. The predicted molar refractivity (Wildman–Crippen MR) is 124 cm³/mol. The van der Waals surface area contributed by atoms with Crippen LogP contribution < -0.4 is 5.32 Å². The zero-order chi connectivity index (χ0) is 24.9. The Hall–Kier alpha value is -3.55. The van der Waals surface area contributed by atoms with Crippen LogP contribution in [0.2, 0.25) is 10.2 Å². The van der Waals surface area contributed by atoms with Gasteiger partial charge in [-0.1, -0.05) is 23.2 Å². The van der Waals surface area contributed by atoms with Gasteiger partial charge in [-0.05, 0) is 24.4 Å². The third kappa shape index (κ3) is 4.11. The van der Waals surface area contributed by atoms with Gasteiger partial charge in [0.2, 0.25) is 0 Å². The third-order valence-corrected chi connectivity index (χ3v) is 6.54. The quantitative estimate of drug-likeness (QED) is 0.309. The molecule has 5 heterocycles. The molecule has 0 spiro atoms. The summed E-state index contributed by atoms with van der Waals surface area (Å²) in [5.74, 6) is -0.844. The van der Waals surface area contributed by atoms with Gasteiger partial charge in [0.25, 0.3) is 5.91 Å². The predicted octanol–water partition coefficient (Wildman–Crippen LogP) is 5.34. The highest BCUT2D eigenvalue weighted by atomic mass is 35.5. The maximum absolute atomic E-state index is 14.2. The maximum Gasteiger partial charge on any atom is 0.434 e. The Morgan fingerprint density at radius 3 is 2.60 bits per heavy atom. The van der Waals surface area contributed by atoms with Gasteiger partial charge < -0.3 is 5.32 Å². The van der Waals surface area contributed by atoms with Gasteiger partial charge in [0.15, 0.2) is 11.5 Å². The molecule has 9 nitrogen and oxygen atoms in total. The maximum atomic E-state index is 14.2. The number of carbonyl (C=O) groups is 1. The Balaban J connectivity index is 1.55. The molecule has 0 fully saturated rings. The van der Waals surface area contributed by atoms with Crippen molar-refractivity contribution in [2.45, 2.75) is 13.1 Å². The Bertz CT molecular complexity index is 1580. The number of nitrogens with zero attached hydrogens (tertiary/aromatic N) is 7. The largest absolute Gasteiger partial charge is 0.434 e. The monoisotopic (exact) mass is 538 g/mol. The summed E-state index contributed by atoms with van der Waals surface area (Å²) in [7, 11) is 0. The Morgan fingerprint density at radius 2 is 1.89 bits per heavy atom. The van der Waals surface area contributed by atoms with Crippen molar-refractivity contribution < 1.29 is 18.0 Å². The molecule has 0 aliphatic heterocycles. The molecule has 5 aromatic rings. The van der Waals surface area contributed by atoms with Gasteiger partial charge in [0.1, 0.15) is 5.15 Å². The van der Waals surface area contributed by atoms with Crippen LogP contribution in [0, 0.1) is 6.92 Å². The highest BCUT2D eigenvalue weighted by Crippen LogP contribution is 2.37. The number of halogens is 5. The highest BCUT2D eigenvalue weighted by Gasteiger charge is 2.41. The van der Waals surface area contributed by atoms with Crippen molar-refractivity contribution in [3.63, 3.8) is 0 Å². The molecule has 0 aromatic carbocycles. The summed E-state index contributed by atoms with van der Waals surface area (Å²) < 4.78 is 43.6. The van der Waals surface area contributed by atoms with Gasteiger partial charge >= 0.3 is 6.18 Å². The molecule has 0 atom stereocenters. The number of aromatic nitrogens is 7. The van der Waals surface area contributed by atoms with Crippen LogP contribution >= 0.6 is 34.5 Å². The second-order valence-electron chi connectivity index (χ2n) is 7.11. The van der Waals surface area contributed by atoms with Gasteiger partial charge in [0, 0.05) is 5.39 Å². The van der Waals surface area contributed by atoms with Gasteiger partial charge in [-0.25, -0.2) is 14.6 Å². The van der Waals surface area contributed by atoms with E-state index < -0.39 is 23.3 Å². The van der Waals surface area contributed by atoms with E-state index in [0.717, 1.165) is 6.20 Å². The molecule has 5 rings (SSSR count).